The maximum absolute atomic E-state index is 12.4. The van der Waals surface area contributed by atoms with Crippen LogP contribution in [0.25, 0.3) is 10.9 Å². The highest BCUT2D eigenvalue weighted by atomic mass is 79.9. The number of rotatable bonds is 3. The fourth-order valence-corrected chi connectivity index (χ4v) is 3.13. The molecule has 5 nitrogen and oxygen atoms in total. The van der Waals surface area contributed by atoms with Crippen molar-refractivity contribution >= 4 is 54.4 Å². The summed E-state index contributed by atoms with van der Waals surface area (Å²) in [6, 6.07) is 7.57. The molecule has 0 spiro atoms. The maximum atomic E-state index is 12.4. The number of carbonyl (C=O) groups is 1. The van der Waals surface area contributed by atoms with Crippen LogP contribution in [-0.2, 0) is 11.3 Å². The normalized spacial score (nSPS) is 11.0. The highest BCUT2D eigenvalue weighted by Crippen LogP contribution is 2.28. The van der Waals surface area contributed by atoms with Gasteiger partial charge >= 0.3 is 0 Å². The summed E-state index contributed by atoms with van der Waals surface area (Å²) < 4.78 is 3.56. The van der Waals surface area contributed by atoms with Crippen molar-refractivity contribution in [1.29, 1.82) is 0 Å². The van der Waals surface area contributed by atoms with Gasteiger partial charge in [0.1, 0.15) is 6.54 Å². The summed E-state index contributed by atoms with van der Waals surface area (Å²) in [5, 5.41) is 8.23. The van der Waals surface area contributed by atoms with Crippen LogP contribution < -0.4 is 5.32 Å². The lowest BCUT2D eigenvalue weighted by Crippen LogP contribution is -2.20. The third-order valence-electron chi connectivity index (χ3n) is 3.58. The number of anilines is 1. The molecule has 1 aromatic carbocycles. The van der Waals surface area contributed by atoms with Gasteiger partial charge in [0.25, 0.3) is 0 Å². The van der Waals surface area contributed by atoms with Gasteiger partial charge in [0, 0.05) is 16.1 Å². The molecule has 0 atom stereocenters. The Morgan fingerprint density at radius 1 is 1.26 bits per heavy atom. The van der Waals surface area contributed by atoms with Gasteiger partial charge in [0.2, 0.25) is 5.91 Å². The van der Waals surface area contributed by atoms with E-state index in [1.165, 1.54) is 0 Å². The standard InChI is InChI=1S/C16H14Br2N4O/c1-9-15(18)10(2)22(21-9)8-14(23)20-13-6-5-12(17)11-4-3-7-19-16(11)13/h3-7H,8H2,1-2H3,(H,20,23). The van der Waals surface area contributed by atoms with E-state index in [-0.39, 0.29) is 12.5 Å². The molecule has 0 saturated heterocycles. The largest absolute Gasteiger partial charge is 0.323 e. The molecule has 1 amide bonds. The van der Waals surface area contributed by atoms with E-state index in [1.807, 2.05) is 38.1 Å². The highest BCUT2D eigenvalue weighted by Gasteiger charge is 2.13. The molecular formula is C16H14Br2N4O. The lowest BCUT2D eigenvalue weighted by molar-refractivity contribution is -0.116. The van der Waals surface area contributed by atoms with Gasteiger partial charge in [-0.1, -0.05) is 22.0 Å². The number of nitrogens with one attached hydrogen (secondary N) is 1. The molecule has 2 aromatic heterocycles. The molecule has 0 radical (unpaired) electrons. The molecule has 0 fully saturated rings. The highest BCUT2D eigenvalue weighted by molar-refractivity contribution is 9.11. The van der Waals surface area contributed by atoms with Crippen LogP contribution in [-0.4, -0.2) is 20.7 Å². The molecule has 0 aliphatic carbocycles. The molecule has 3 aromatic rings. The summed E-state index contributed by atoms with van der Waals surface area (Å²) in [6.07, 6.45) is 1.71. The van der Waals surface area contributed by atoms with E-state index in [0.717, 1.165) is 31.2 Å². The molecule has 23 heavy (non-hydrogen) atoms. The predicted octanol–water partition coefficient (Wildman–Crippen LogP) is 4.21. The average molecular weight is 438 g/mol. The summed E-state index contributed by atoms with van der Waals surface area (Å²) in [4.78, 5) is 16.7. The minimum absolute atomic E-state index is 0.141. The van der Waals surface area contributed by atoms with Gasteiger partial charge in [-0.15, -0.1) is 0 Å². The lowest BCUT2D eigenvalue weighted by atomic mass is 10.2. The number of pyridine rings is 1. The van der Waals surface area contributed by atoms with E-state index in [0.29, 0.717) is 5.69 Å². The summed E-state index contributed by atoms with van der Waals surface area (Å²) in [6.45, 7) is 3.98. The first kappa shape index (κ1) is 16.1. The topological polar surface area (TPSA) is 59.8 Å². The van der Waals surface area contributed by atoms with Crippen LogP contribution in [0.2, 0.25) is 0 Å². The van der Waals surface area contributed by atoms with Crippen molar-refractivity contribution < 1.29 is 4.79 Å². The van der Waals surface area contributed by atoms with Crippen LogP contribution in [0.1, 0.15) is 11.4 Å². The first-order chi connectivity index (χ1) is 11.0. The molecule has 0 bridgehead atoms. The monoisotopic (exact) mass is 436 g/mol. The van der Waals surface area contributed by atoms with Gasteiger partial charge in [-0.3, -0.25) is 14.5 Å². The van der Waals surface area contributed by atoms with Gasteiger partial charge in [-0.2, -0.15) is 5.10 Å². The van der Waals surface area contributed by atoms with Gasteiger partial charge in [-0.25, -0.2) is 0 Å². The number of carbonyl (C=O) groups excluding carboxylic acids is 1. The van der Waals surface area contributed by atoms with Crippen LogP contribution in [0.5, 0.6) is 0 Å². The zero-order valence-electron chi connectivity index (χ0n) is 12.6. The molecule has 0 aliphatic heterocycles. The predicted molar refractivity (Wildman–Crippen MR) is 97.5 cm³/mol. The Hall–Kier alpha value is -1.73. The summed E-state index contributed by atoms with van der Waals surface area (Å²) in [7, 11) is 0. The number of benzene rings is 1. The number of amides is 1. The van der Waals surface area contributed by atoms with Gasteiger partial charge in [0.15, 0.2) is 0 Å². The zero-order chi connectivity index (χ0) is 16.6. The van der Waals surface area contributed by atoms with Crippen molar-refractivity contribution in [2.75, 3.05) is 5.32 Å². The summed E-state index contributed by atoms with van der Waals surface area (Å²) in [5.41, 5.74) is 3.24. The van der Waals surface area contributed by atoms with Crippen LogP contribution in [0, 0.1) is 13.8 Å². The Balaban J connectivity index is 1.86. The van der Waals surface area contributed by atoms with Gasteiger partial charge < -0.3 is 5.32 Å². The molecular weight excluding hydrogens is 424 g/mol. The fourth-order valence-electron chi connectivity index (χ4n) is 2.39. The third-order valence-corrected chi connectivity index (χ3v) is 5.42. The molecule has 0 unspecified atom stereocenters. The number of hydrogen-bond acceptors (Lipinski definition) is 3. The second kappa shape index (κ2) is 6.41. The van der Waals surface area contributed by atoms with Crippen molar-refractivity contribution in [3.05, 3.63) is 50.8 Å². The van der Waals surface area contributed by atoms with E-state index in [9.17, 15) is 4.79 Å². The zero-order valence-corrected chi connectivity index (χ0v) is 15.8. The van der Waals surface area contributed by atoms with E-state index in [1.54, 1.807) is 10.9 Å². The Bertz CT molecular complexity index is 904. The molecule has 0 saturated carbocycles. The van der Waals surface area contributed by atoms with Crippen LogP contribution >= 0.6 is 31.9 Å². The van der Waals surface area contributed by atoms with Crippen LogP contribution in [0.4, 0.5) is 5.69 Å². The molecule has 1 N–H and O–H groups in total. The minimum Gasteiger partial charge on any atom is -0.323 e. The van der Waals surface area contributed by atoms with Gasteiger partial charge in [0.05, 0.1) is 27.1 Å². The second-order valence-corrected chi connectivity index (χ2v) is 6.83. The molecule has 118 valence electrons. The number of hydrogen-bond donors (Lipinski definition) is 1. The summed E-state index contributed by atoms with van der Waals surface area (Å²) >= 11 is 6.97. The van der Waals surface area contributed by atoms with Crippen molar-refractivity contribution in [1.82, 2.24) is 14.8 Å². The number of fused-ring (bicyclic) bond motifs is 1. The molecule has 0 aliphatic rings. The van der Waals surface area contributed by atoms with Crippen LogP contribution in [0.3, 0.4) is 0 Å². The van der Waals surface area contributed by atoms with E-state index in [4.69, 9.17) is 0 Å². The Labute approximate surface area is 150 Å². The van der Waals surface area contributed by atoms with E-state index < -0.39 is 0 Å². The average Bonchev–Trinajstić information content (AvgIpc) is 2.77. The first-order valence-electron chi connectivity index (χ1n) is 7.00. The Kier molecular flexibility index (Phi) is 4.50. The van der Waals surface area contributed by atoms with Crippen molar-refractivity contribution in [2.45, 2.75) is 20.4 Å². The number of nitrogens with zero attached hydrogens (tertiary/aromatic N) is 3. The lowest BCUT2D eigenvalue weighted by Gasteiger charge is -2.10. The smallest absolute Gasteiger partial charge is 0.246 e. The van der Waals surface area contributed by atoms with Crippen LogP contribution in [0.15, 0.2) is 39.4 Å². The number of halogens is 2. The first-order valence-corrected chi connectivity index (χ1v) is 8.58. The second-order valence-electron chi connectivity index (χ2n) is 5.19. The quantitative estimate of drug-likeness (QED) is 0.667. The fraction of sp³-hybridized carbons (Fsp3) is 0.188. The third kappa shape index (κ3) is 3.16. The Morgan fingerprint density at radius 3 is 2.74 bits per heavy atom. The molecule has 2 heterocycles. The summed E-state index contributed by atoms with van der Waals surface area (Å²) in [5.74, 6) is -0.141. The molecule has 3 rings (SSSR count). The minimum atomic E-state index is -0.141. The maximum Gasteiger partial charge on any atom is 0.246 e. The van der Waals surface area contributed by atoms with Crippen molar-refractivity contribution in [3.63, 3.8) is 0 Å². The van der Waals surface area contributed by atoms with Crippen molar-refractivity contribution in [3.8, 4) is 0 Å². The SMILES string of the molecule is Cc1nn(CC(=O)Nc2ccc(Br)c3cccnc23)c(C)c1Br. The number of aryl methyl sites for hydroxylation is 1. The van der Waals surface area contributed by atoms with E-state index in [2.05, 4.69) is 47.3 Å². The molecule has 7 heteroatoms. The van der Waals surface area contributed by atoms with Crippen molar-refractivity contribution in [2.24, 2.45) is 0 Å². The number of aromatic nitrogens is 3. The van der Waals surface area contributed by atoms with E-state index >= 15 is 0 Å². The van der Waals surface area contributed by atoms with Gasteiger partial charge in [-0.05, 0) is 48.0 Å². The Morgan fingerprint density at radius 2 is 2.04 bits per heavy atom.